The zero-order valence-electron chi connectivity index (χ0n) is 14.3. The van der Waals surface area contributed by atoms with Crippen molar-refractivity contribution in [2.24, 2.45) is 0 Å². The number of aryl methyl sites for hydroxylation is 4. The molecule has 0 saturated carbocycles. The molecule has 0 fully saturated rings. The third-order valence-electron chi connectivity index (χ3n) is 4.42. The lowest BCUT2D eigenvalue weighted by Gasteiger charge is -2.17. The average Bonchev–Trinajstić information content (AvgIpc) is 2.48. The fourth-order valence-corrected chi connectivity index (χ4v) is 3.73. The maximum absolute atomic E-state index is 2.90. The van der Waals surface area contributed by atoms with Crippen LogP contribution in [0.1, 0.15) is 22.3 Å². The van der Waals surface area contributed by atoms with Crippen molar-refractivity contribution < 1.29 is 0 Å². The molecule has 0 nitrogen and oxygen atoms in total. The van der Waals surface area contributed by atoms with Crippen molar-refractivity contribution >= 4 is 14.5 Å². The van der Waals surface area contributed by atoms with Crippen LogP contribution in [0, 0.1) is 27.7 Å². The van der Waals surface area contributed by atoms with E-state index in [2.05, 4.69) is 91.5 Å². The van der Waals surface area contributed by atoms with Crippen molar-refractivity contribution in [3.8, 4) is 22.3 Å². The molecule has 0 spiro atoms. The highest BCUT2D eigenvalue weighted by atomic mass is 31.0. The van der Waals surface area contributed by atoms with Crippen LogP contribution in [0.25, 0.3) is 22.3 Å². The summed E-state index contributed by atoms with van der Waals surface area (Å²) in [6, 6.07) is 20.0. The molecule has 1 heteroatoms. The summed E-state index contributed by atoms with van der Waals surface area (Å²) in [5, 5.41) is 1.24. The van der Waals surface area contributed by atoms with E-state index in [1.54, 1.807) is 0 Å². The van der Waals surface area contributed by atoms with Crippen LogP contribution in [0.15, 0.2) is 54.6 Å². The van der Waals surface area contributed by atoms with Crippen LogP contribution < -0.4 is 5.30 Å². The van der Waals surface area contributed by atoms with Crippen LogP contribution in [0.3, 0.4) is 0 Å². The maximum Gasteiger partial charge on any atom is -0.00309 e. The van der Waals surface area contributed by atoms with Crippen LogP contribution in [-0.2, 0) is 0 Å². The Morgan fingerprint density at radius 2 is 1.17 bits per heavy atom. The van der Waals surface area contributed by atoms with Gasteiger partial charge in [-0.2, -0.15) is 0 Å². The molecule has 0 aromatic heterocycles. The van der Waals surface area contributed by atoms with E-state index in [1.807, 2.05) is 0 Å². The van der Waals surface area contributed by atoms with E-state index in [9.17, 15) is 0 Å². The summed E-state index contributed by atoms with van der Waals surface area (Å²) in [4.78, 5) is 0. The molecule has 1 unspecified atom stereocenters. The molecule has 1 atom stereocenters. The van der Waals surface area contributed by atoms with Gasteiger partial charge in [-0.1, -0.05) is 65.7 Å². The van der Waals surface area contributed by atoms with Crippen molar-refractivity contribution in [2.75, 3.05) is 0 Å². The first-order valence-electron chi connectivity index (χ1n) is 8.01. The smallest absolute Gasteiger partial charge is 0.00309 e. The number of hydrogen-bond donors (Lipinski definition) is 0. The highest BCUT2D eigenvalue weighted by molar-refractivity contribution is 7.28. The van der Waals surface area contributed by atoms with E-state index in [0.29, 0.717) is 0 Å². The van der Waals surface area contributed by atoms with Crippen LogP contribution in [0.2, 0.25) is 0 Å². The molecule has 0 radical (unpaired) electrons. The monoisotopic (exact) mass is 318 g/mol. The van der Waals surface area contributed by atoms with E-state index in [0.717, 1.165) is 0 Å². The molecule has 0 heterocycles. The Morgan fingerprint density at radius 1 is 0.609 bits per heavy atom. The topological polar surface area (TPSA) is 0 Å². The standard InChI is InChI=1S/C22H23P/c1-14-8-10-18(16(3)12-14)20-6-5-7-21(23)22(20)19-11-9-15(2)13-17(19)4/h5-13H,23H2,1-4H3. The maximum atomic E-state index is 2.90. The molecule has 0 N–H and O–H groups in total. The van der Waals surface area contributed by atoms with Crippen molar-refractivity contribution in [3.05, 3.63) is 76.9 Å². The Labute approximate surface area is 141 Å². The van der Waals surface area contributed by atoms with Gasteiger partial charge >= 0.3 is 0 Å². The van der Waals surface area contributed by atoms with Crippen LogP contribution in [0.4, 0.5) is 0 Å². The molecule has 0 aliphatic rings. The zero-order chi connectivity index (χ0) is 16.6. The van der Waals surface area contributed by atoms with Gasteiger partial charge < -0.3 is 0 Å². The molecule has 3 aromatic rings. The van der Waals surface area contributed by atoms with Gasteiger partial charge in [0, 0.05) is 0 Å². The summed E-state index contributed by atoms with van der Waals surface area (Å²) in [5.41, 5.74) is 10.5. The lowest BCUT2D eigenvalue weighted by atomic mass is 9.89. The fraction of sp³-hybridized carbons (Fsp3) is 0.182. The molecular formula is C22H23P. The van der Waals surface area contributed by atoms with E-state index < -0.39 is 0 Å². The first-order valence-corrected chi connectivity index (χ1v) is 8.59. The molecule has 23 heavy (non-hydrogen) atoms. The van der Waals surface area contributed by atoms with E-state index in [-0.39, 0.29) is 0 Å². The quantitative estimate of drug-likeness (QED) is 0.527. The van der Waals surface area contributed by atoms with E-state index in [4.69, 9.17) is 0 Å². The summed E-state index contributed by atoms with van der Waals surface area (Å²) in [7, 11) is 2.90. The van der Waals surface area contributed by atoms with Gasteiger partial charge in [0.15, 0.2) is 0 Å². The summed E-state index contributed by atoms with van der Waals surface area (Å²) >= 11 is 0. The second kappa shape index (κ2) is 6.30. The normalized spacial score (nSPS) is 10.8. The zero-order valence-corrected chi connectivity index (χ0v) is 15.4. The fourth-order valence-electron chi connectivity index (χ4n) is 3.31. The van der Waals surface area contributed by atoms with Crippen LogP contribution in [-0.4, -0.2) is 0 Å². The highest BCUT2D eigenvalue weighted by Gasteiger charge is 2.13. The lowest BCUT2D eigenvalue weighted by Crippen LogP contribution is -2.02. The highest BCUT2D eigenvalue weighted by Crippen LogP contribution is 2.35. The molecule has 0 amide bonds. The van der Waals surface area contributed by atoms with Crippen molar-refractivity contribution in [3.63, 3.8) is 0 Å². The largest absolute Gasteiger partial charge is 0.105 e. The number of rotatable bonds is 2. The Balaban J connectivity index is 2.29. The summed E-state index contributed by atoms with van der Waals surface area (Å²) in [5.74, 6) is 0. The molecule has 3 aromatic carbocycles. The summed E-state index contributed by atoms with van der Waals surface area (Å²) in [6.07, 6.45) is 0. The number of hydrogen-bond acceptors (Lipinski definition) is 0. The van der Waals surface area contributed by atoms with E-state index in [1.165, 1.54) is 49.8 Å². The summed E-state index contributed by atoms with van der Waals surface area (Å²) in [6.45, 7) is 8.69. The van der Waals surface area contributed by atoms with Gasteiger partial charge in [0.1, 0.15) is 0 Å². The molecule has 0 aliphatic carbocycles. The minimum absolute atomic E-state index is 1.24. The Kier molecular flexibility index (Phi) is 4.37. The third kappa shape index (κ3) is 3.09. The van der Waals surface area contributed by atoms with Crippen LogP contribution >= 0.6 is 9.24 Å². The van der Waals surface area contributed by atoms with Gasteiger partial charge in [0.2, 0.25) is 0 Å². The van der Waals surface area contributed by atoms with Crippen molar-refractivity contribution in [1.82, 2.24) is 0 Å². The Morgan fingerprint density at radius 3 is 1.74 bits per heavy atom. The van der Waals surface area contributed by atoms with Gasteiger partial charge in [-0.05, 0) is 66.4 Å². The lowest BCUT2D eigenvalue weighted by molar-refractivity contribution is 1.37. The average molecular weight is 318 g/mol. The first kappa shape index (κ1) is 16.0. The first-order chi connectivity index (χ1) is 11.0. The van der Waals surface area contributed by atoms with Crippen molar-refractivity contribution in [1.29, 1.82) is 0 Å². The minimum Gasteiger partial charge on any atom is -0.105 e. The number of benzene rings is 3. The summed E-state index contributed by atoms with van der Waals surface area (Å²) < 4.78 is 0. The third-order valence-corrected chi connectivity index (χ3v) is 4.90. The Hall–Kier alpha value is -1.91. The molecule has 116 valence electrons. The minimum atomic E-state index is 1.24. The van der Waals surface area contributed by atoms with Crippen LogP contribution in [0.5, 0.6) is 0 Å². The molecule has 0 saturated heterocycles. The second-order valence-corrected chi connectivity index (χ2v) is 7.03. The molecule has 0 bridgehead atoms. The van der Waals surface area contributed by atoms with Gasteiger partial charge in [0.05, 0.1) is 0 Å². The predicted octanol–water partition coefficient (Wildman–Crippen LogP) is 5.75. The van der Waals surface area contributed by atoms with Gasteiger partial charge in [-0.25, -0.2) is 0 Å². The van der Waals surface area contributed by atoms with Gasteiger partial charge in [-0.15, -0.1) is 9.24 Å². The van der Waals surface area contributed by atoms with Crippen molar-refractivity contribution in [2.45, 2.75) is 27.7 Å². The molecule has 3 rings (SSSR count). The Bertz CT molecular complexity index is 875. The van der Waals surface area contributed by atoms with E-state index >= 15 is 0 Å². The van der Waals surface area contributed by atoms with Gasteiger partial charge in [-0.3, -0.25) is 0 Å². The molecular weight excluding hydrogens is 295 g/mol. The predicted molar refractivity (Wildman–Crippen MR) is 106 cm³/mol. The van der Waals surface area contributed by atoms with Gasteiger partial charge in [0.25, 0.3) is 0 Å². The second-order valence-electron chi connectivity index (χ2n) is 6.41. The molecule has 0 aliphatic heterocycles. The SMILES string of the molecule is Cc1ccc(-c2cccc(P)c2-c2ccc(C)cc2C)c(C)c1.